The molecule has 0 saturated carbocycles. The van der Waals surface area contributed by atoms with Gasteiger partial charge in [-0.25, -0.2) is 0 Å². The molecular formula is C9H20N2O2. The van der Waals surface area contributed by atoms with E-state index in [9.17, 15) is 4.79 Å². The molecule has 1 atom stereocenters. The van der Waals surface area contributed by atoms with Crippen LogP contribution in [0, 0.1) is 0 Å². The molecule has 0 radical (unpaired) electrons. The predicted octanol–water partition coefficient (Wildman–Crippen LogP) is -0.128. The first-order valence-electron chi connectivity index (χ1n) is 4.73. The molecule has 0 spiro atoms. The smallest absolute Gasteiger partial charge is 0.234 e. The molecule has 0 aromatic carbocycles. The lowest BCUT2D eigenvalue weighted by Gasteiger charge is -2.15. The lowest BCUT2D eigenvalue weighted by Crippen LogP contribution is -2.43. The fourth-order valence-electron chi connectivity index (χ4n) is 0.852. The van der Waals surface area contributed by atoms with Crippen molar-refractivity contribution in [2.75, 3.05) is 13.2 Å². The minimum absolute atomic E-state index is 0.00389. The van der Waals surface area contributed by atoms with E-state index in [0.717, 1.165) is 6.42 Å². The van der Waals surface area contributed by atoms with Crippen LogP contribution in [0.5, 0.6) is 0 Å². The minimum Gasteiger partial charge on any atom is -0.394 e. The molecule has 4 nitrogen and oxygen atoms in total. The number of rotatable bonds is 6. The van der Waals surface area contributed by atoms with Crippen LogP contribution in [0.3, 0.4) is 0 Å². The molecule has 0 fully saturated rings. The lowest BCUT2D eigenvalue weighted by molar-refractivity contribution is -0.121. The molecule has 0 aromatic rings. The van der Waals surface area contributed by atoms with Crippen molar-refractivity contribution >= 4 is 5.91 Å². The maximum absolute atomic E-state index is 11.2. The van der Waals surface area contributed by atoms with Gasteiger partial charge in [0.2, 0.25) is 5.91 Å². The van der Waals surface area contributed by atoms with E-state index in [0.29, 0.717) is 12.6 Å². The third-order valence-electron chi connectivity index (χ3n) is 1.75. The SMILES string of the molecule is CCC(CO)NC(=O)CNC(C)C. The summed E-state index contributed by atoms with van der Waals surface area (Å²) in [5.41, 5.74) is 0. The Morgan fingerprint density at radius 2 is 2.08 bits per heavy atom. The second-order valence-electron chi connectivity index (χ2n) is 3.39. The molecule has 4 heteroatoms. The maximum Gasteiger partial charge on any atom is 0.234 e. The monoisotopic (exact) mass is 188 g/mol. The van der Waals surface area contributed by atoms with Gasteiger partial charge in [-0.05, 0) is 6.42 Å². The van der Waals surface area contributed by atoms with Crippen molar-refractivity contribution in [2.45, 2.75) is 39.3 Å². The molecule has 0 rings (SSSR count). The van der Waals surface area contributed by atoms with Crippen molar-refractivity contribution in [3.63, 3.8) is 0 Å². The largest absolute Gasteiger partial charge is 0.394 e. The highest BCUT2D eigenvalue weighted by Crippen LogP contribution is 1.87. The first-order chi connectivity index (χ1) is 6.10. The van der Waals surface area contributed by atoms with E-state index in [-0.39, 0.29) is 18.6 Å². The molecule has 1 unspecified atom stereocenters. The molecule has 13 heavy (non-hydrogen) atoms. The van der Waals surface area contributed by atoms with Crippen LogP contribution in [-0.2, 0) is 4.79 Å². The Balaban J connectivity index is 3.60. The first kappa shape index (κ1) is 12.4. The van der Waals surface area contributed by atoms with Crippen LogP contribution in [0.25, 0.3) is 0 Å². The topological polar surface area (TPSA) is 61.4 Å². The fourth-order valence-corrected chi connectivity index (χ4v) is 0.852. The van der Waals surface area contributed by atoms with E-state index in [1.165, 1.54) is 0 Å². The van der Waals surface area contributed by atoms with E-state index >= 15 is 0 Å². The van der Waals surface area contributed by atoms with Crippen LogP contribution in [0.1, 0.15) is 27.2 Å². The van der Waals surface area contributed by atoms with E-state index in [4.69, 9.17) is 5.11 Å². The molecular weight excluding hydrogens is 168 g/mol. The van der Waals surface area contributed by atoms with Crippen LogP contribution >= 0.6 is 0 Å². The lowest BCUT2D eigenvalue weighted by atomic mass is 10.2. The summed E-state index contributed by atoms with van der Waals surface area (Å²) >= 11 is 0. The number of nitrogens with one attached hydrogen (secondary N) is 2. The van der Waals surface area contributed by atoms with Crippen molar-refractivity contribution in [2.24, 2.45) is 0 Å². The quantitative estimate of drug-likeness (QED) is 0.544. The van der Waals surface area contributed by atoms with E-state index in [2.05, 4.69) is 10.6 Å². The molecule has 3 N–H and O–H groups in total. The zero-order chi connectivity index (χ0) is 10.3. The minimum atomic E-state index is -0.110. The van der Waals surface area contributed by atoms with Crippen molar-refractivity contribution in [3.05, 3.63) is 0 Å². The van der Waals surface area contributed by atoms with Crippen molar-refractivity contribution in [1.29, 1.82) is 0 Å². The van der Waals surface area contributed by atoms with Crippen molar-refractivity contribution in [3.8, 4) is 0 Å². The average molecular weight is 188 g/mol. The molecule has 0 aliphatic carbocycles. The second kappa shape index (κ2) is 6.86. The average Bonchev–Trinajstić information content (AvgIpc) is 2.10. The molecule has 1 amide bonds. The third-order valence-corrected chi connectivity index (χ3v) is 1.75. The fraction of sp³-hybridized carbons (Fsp3) is 0.889. The Morgan fingerprint density at radius 3 is 2.46 bits per heavy atom. The molecule has 0 aliphatic rings. The zero-order valence-corrected chi connectivity index (χ0v) is 8.63. The van der Waals surface area contributed by atoms with Crippen LogP contribution in [0.2, 0.25) is 0 Å². The Kier molecular flexibility index (Phi) is 6.54. The second-order valence-corrected chi connectivity index (χ2v) is 3.39. The van der Waals surface area contributed by atoms with Gasteiger partial charge in [-0.2, -0.15) is 0 Å². The maximum atomic E-state index is 11.2. The highest BCUT2D eigenvalue weighted by atomic mass is 16.3. The summed E-state index contributed by atoms with van der Waals surface area (Å²) in [4.78, 5) is 11.2. The molecule has 0 heterocycles. The van der Waals surface area contributed by atoms with Gasteiger partial charge >= 0.3 is 0 Å². The third kappa shape index (κ3) is 6.54. The number of aliphatic hydroxyl groups excluding tert-OH is 1. The Labute approximate surface area is 79.7 Å². The van der Waals surface area contributed by atoms with Crippen LogP contribution in [0.4, 0.5) is 0 Å². The molecule has 0 aliphatic heterocycles. The summed E-state index contributed by atoms with van der Waals surface area (Å²) in [5, 5.41) is 14.5. The summed E-state index contributed by atoms with van der Waals surface area (Å²) in [6, 6.07) is 0.196. The Hall–Kier alpha value is -0.610. The standard InChI is InChI=1S/C9H20N2O2/c1-4-8(6-12)11-9(13)5-10-7(2)3/h7-8,10,12H,4-6H2,1-3H3,(H,11,13). The van der Waals surface area contributed by atoms with Gasteiger partial charge in [0, 0.05) is 6.04 Å². The number of amides is 1. The van der Waals surface area contributed by atoms with Gasteiger partial charge in [-0.3, -0.25) is 4.79 Å². The highest BCUT2D eigenvalue weighted by molar-refractivity contribution is 5.78. The predicted molar refractivity (Wildman–Crippen MR) is 52.4 cm³/mol. The highest BCUT2D eigenvalue weighted by Gasteiger charge is 2.08. The Morgan fingerprint density at radius 1 is 1.46 bits per heavy atom. The van der Waals surface area contributed by atoms with Gasteiger partial charge in [-0.1, -0.05) is 20.8 Å². The van der Waals surface area contributed by atoms with Gasteiger partial charge in [-0.15, -0.1) is 0 Å². The zero-order valence-electron chi connectivity index (χ0n) is 8.63. The molecule has 0 aromatic heterocycles. The first-order valence-corrected chi connectivity index (χ1v) is 4.73. The Bertz CT molecular complexity index is 145. The summed E-state index contributed by atoms with van der Waals surface area (Å²) in [6.45, 7) is 6.21. The molecule has 78 valence electrons. The number of carbonyl (C=O) groups excluding carboxylic acids is 1. The molecule has 0 saturated heterocycles. The number of carbonyl (C=O) groups is 1. The van der Waals surface area contributed by atoms with Crippen LogP contribution < -0.4 is 10.6 Å². The number of hydrogen-bond acceptors (Lipinski definition) is 3. The summed E-state index contributed by atoms with van der Waals surface area (Å²) in [7, 11) is 0. The summed E-state index contributed by atoms with van der Waals surface area (Å²) in [6.07, 6.45) is 0.754. The van der Waals surface area contributed by atoms with Crippen molar-refractivity contribution < 1.29 is 9.90 Å². The van der Waals surface area contributed by atoms with E-state index in [1.54, 1.807) is 0 Å². The van der Waals surface area contributed by atoms with Crippen LogP contribution in [0.15, 0.2) is 0 Å². The van der Waals surface area contributed by atoms with E-state index in [1.807, 2.05) is 20.8 Å². The number of hydrogen-bond donors (Lipinski definition) is 3. The normalized spacial score (nSPS) is 13.0. The van der Waals surface area contributed by atoms with E-state index < -0.39 is 0 Å². The van der Waals surface area contributed by atoms with Crippen LogP contribution in [-0.4, -0.2) is 36.2 Å². The number of aliphatic hydroxyl groups is 1. The van der Waals surface area contributed by atoms with Gasteiger partial charge in [0.1, 0.15) is 0 Å². The van der Waals surface area contributed by atoms with Gasteiger partial charge < -0.3 is 15.7 Å². The summed E-state index contributed by atoms with van der Waals surface area (Å²) < 4.78 is 0. The van der Waals surface area contributed by atoms with Gasteiger partial charge in [0.25, 0.3) is 0 Å². The van der Waals surface area contributed by atoms with Crippen molar-refractivity contribution in [1.82, 2.24) is 10.6 Å². The summed E-state index contributed by atoms with van der Waals surface area (Å²) in [5.74, 6) is -0.0606. The van der Waals surface area contributed by atoms with Gasteiger partial charge in [0.05, 0.1) is 19.2 Å². The van der Waals surface area contributed by atoms with Gasteiger partial charge in [0.15, 0.2) is 0 Å². The molecule has 0 bridgehead atoms.